The van der Waals surface area contributed by atoms with Gasteiger partial charge in [0.1, 0.15) is 5.76 Å². The summed E-state index contributed by atoms with van der Waals surface area (Å²) in [4.78, 5) is 12.4. The van der Waals surface area contributed by atoms with Crippen LogP contribution in [0.2, 0.25) is 0 Å². The normalized spacial score (nSPS) is 11.6. The van der Waals surface area contributed by atoms with Gasteiger partial charge in [-0.2, -0.15) is 5.10 Å². The number of benzene rings is 2. The third kappa shape index (κ3) is 6.31. The highest BCUT2D eigenvalue weighted by Gasteiger charge is 2.14. The Labute approximate surface area is 198 Å². The summed E-state index contributed by atoms with van der Waals surface area (Å²) in [6.07, 6.45) is 8.17. The second-order valence-corrected chi connectivity index (χ2v) is 9.26. The molecule has 2 heterocycles. The predicted molar refractivity (Wildman–Crippen MR) is 128 cm³/mol. The van der Waals surface area contributed by atoms with Crippen LogP contribution in [-0.2, 0) is 34.5 Å². The molecule has 0 aliphatic heterocycles. The van der Waals surface area contributed by atoms with Gasteiger partial charge in [-0.15, -0.1) is 0 Å². The number of sulfonamides is 1. The first kappa shape index (κ1) is 23.2. The number of hydrogen-bond acceptors (Lipinski definition) is 5. The van der Waals surface area contributed by atoms with Crippen LogP contribution in [0, 0.1) is 0 Å². The summed E-state index contributed by atoms with van der Waals surface area (Å²) < 4.78 is 34.3. The van der Waals surface area contributed by atoms with Gasteiger partial charge in [-0.25, -0.2) is 13.1 Å². The van der Waals surface area contributed by atoms with E-state index in [4.69, 9.17) is 4.42 Å². The lowest BCUT2D eigenvalue weighted by molar-refractivity contribution is -0.116. The van der Waals surface area contributed by atoms with E-state index in [0.29, 0.717) is 24.4 Å². The number of nitrogens with zero attached hydrogens (tertiary/aromatic N) is 2. The Morgan fingerprint density at radius 3 is 2.47 bits per heavy atom. The third-order valence-electron chi connectivity index (χ3n) is 5.10. The van der Waals surface area contributed by atoms with Gasteiger partial charge in [-0.05, 0) is 53.1 Å². The van der Waals surface area contributed by atoms with Crippen LogP contribution in [0.15, 0.2) is 101 Å². The number of nitrogens with one attached hydrogen (secondary N) is 2. The number of amides is 1. The summed E-state index contributed by atoms with van der Waals surface area (Å²) in [5.41, 5.74) is 2.79. The summed E-state index contributed by atoms with van der Waals surface area (Å²) in [7, 11) is -3.67. The van der Waals surface area contributed by atoms with Gasteiger partial charge in [0.25, 0.3) is 0 Å². The molecule has 0 aliphatic rings. The highest BCUT2D eigenvalue weighted by atomic mass is 32.2. The average Bonchev–Trinajstić information content (AvgIpc) is 3.56. The Kier molecular flexibility index (Phi) is 7.36. The SMILES string of the molecule is O=C(/C=C/c1ccc(S(=O)(=O)NCc2ccco2)cc1)NCc1ccccc1Cn1cccn1. The molecule has 2 aromatic heterocycles. The van der Waals surface area contributed by atoms with Crippen molar-refractivity contribution in [2.75, 3.05) is 0 Å². The molecule has 2 aromatic carbocycles. The molecule has 0 saturated heterocycles. The zero-order chi connectivity index (χ0) is 23.8. The van der Waals surface area contributed by atoms with Crippen molar-refractivity contribution in [3.05, 3.63) is 114 Å². The lowest BCUT2D eigenvalue weighted by atomic mass is 10.1. The van der Waals surface area contributed by atoms with E-state index in [1.165, 1.54) is 24.5 Å². The Morgan fingerprint density at radius 2 is 1.76 bits per heavy atom. The van der Waals surface area contributed by atoms with E-state index >= 15 is 0 Å². The highest BCUT2D eigenvalue weighted by Crippen LogP contribution is 2.13. The van der Waals surface area contributed by atoms with E-state index < -0.39 is 10.0 Å². The van der Waals surface area contributed by atoms with Gasteiger partial charge in [0.2, 0.25) is 15.9 Å². The number of aromatic nitrogens is 2. The minimum Gasteiger partial charge on any atom is -0.468 e. The molecule has 9 heteroatoms. The molecular formula is C25H24N4O4S. The molecule has 0 saturated carbocycles. The van der Waals surface area contributed by atoms with Crippen LogP contribution in [0.5, 0.6) is 0 Å². The van der Waals surface area contributed by atoms with Gasteiger partial charge in [0.05, 0.1) is 24.2 Å². The summed E-state index contributed by atoms with van der Waals surface area (Å²) in [6, 6.07) is 19.4. The van der Waals surface area contributed by atoms with Gasteiger partial charge in [0, 0.05) is 25.0 Å². The molecule has 174 valence electrons. The van der Waals surface area contributed by atoms with E-state index in [1.807, 2.05) is 41.2 Å². The van der Waals surface area contributed by atoms with Crippen molar-refractivity contribution in [2.45, 2.75) is 24.5 Å². The fourth-order valence-corrected chi connectivity index (χ4v) is 4.28. The molecular weight excluding hydrogens is 452 g/mol. The largest absolute Gasteiger partial charge is 0.468 e. The molecule has 4 rings (SSSR count). The minimum absolute atomic E-state index is 0.0717. The monoisotopic (exact) mass is 476 g/mol. The number of rotatable bonds is 10. The minimum atomic E-state index is -3.67. The van der Waals surface area contributed by atoms with Crippen molar-refractivity contribution < 1.29 is 17.6 Å². The second-order valence-electron chi connectivity index (χ2n) is 7.50. The van der Waals surface area contributed by atoms with E-state index in [2.05, 4.69) is 15.1 Å². The first-order chi connectivity index (χ1) is 16.5. The van der Waals surface area contributed by atoms with Gasteiger partial charge < -0.3 is 9.73 Å². The topological polar surface area (TPSA) is 106 Å². The number of furan rings is 1. The quantitative estimate of drug-likeness (QED) is 0.342. The summed E-state index contributed by atoms with van der Waals surface area (Å²) in [5.74, 6) is 0.281. The number of carbonyl (C=O) groups is 1. The molecule has 0 radical (unpaired) electrons. The third-order valence-corrected chi connectivity index (χ3v) is 6.51. The van der Waals surface area contributed by atoms with Crippen molar-refractivity contribution in [3.63, 3.8) is 0 Å². The Morgan fingerprint density at radius 1 is 0.971 bits per heavy atom. The first-order valence-electron chi connectivity index (χ1n) is 10.6. The van der Waals surface area contributed by atoms with Crippen molar-refractivity contribution >= 4 is 22.0 Å². The lowest BCUT2D eigenvalue weighted by Crippen LogP contribution is -2.23. The van der Waals surface area contributed by atoms with E-state index in [9.17, 15) is 13.2 Å². The standard InChI is InChI=1S/C25H24N4O4S/c30-25(26-17-21-5-1-2-6-22(21)19-29-15-4-14-27-29)13-10-20-8-11-24(12-9-20)34(31,32)28-18-23-7-3-16-33-23/h1-16,28H,17-19H2,(H,26,30)/b13-10+. The molecule has 4 aromatic rings. The molecule has 0 atom stereocenters. The van der Waals surface area contributed by atoms with Crippen LogP contribution < -0.4 is 10.0 Å². The van der Waals surface area contributed by atoms with Crippen LogP contribution in [0.25, 0.3) is 6.08 Å². The zero-order valence-corrected chi connectivity index (χ0v) is 19.1. The van der Waals surface area contributed by atoms with Crippen molar-refractivity contribution in [1.29, 1.82) is 0 Å². The summed E-state index contributed by atoms with van der Waals surface area (Å²) >= 11 is 0. The Balaban J connectivity index is 1.31. The fourth-order valence-electron chi connectivity index (χ4n) is 3.29. The summed E-state index contributed by atoms with van der Waals surface area (Å²) in [6.45, 7) is 1.09. The van der Waals surface area contributed by atoms with Crippen LogP contribution in [-0.4, -0.2) is 24.1 Å². The molecule has 0 spiro atoms. The Bertz CT molecular complexity index is 1340. The maximum Gasteiger partial charge on any atom is 0.244 e. The lowest BCUT2D eigenvalue weighted by Gasteiger charge is -2.10. The molecule has 0 aliphatic carbocycles. The van der Waals surface area contributed by atoms with Crippen molar-refractivity contribution in [3.8, 4) is 0 Å². The maximum atomic E-state index is 12.4. The van der Waals surface area contributed by atoms with Crippen molar-refractivity contribution in [1.82, 2.24) is 19.8 Å². The van der Waals surface area contributed by atoms with Crippen LogP contribution >= 0.6 is 0 Å². The Hall–Kier alpha value is -3.95. The van der Waals surface area contributed by atoms with E-state index in [0.717, 1.165) is 11.1 Å². The zero-order valence-electron chi connectivity index (χ0n) is 18.3. The summed E-state index contributed by atoms with van der Waals surface area (Å²) in [5, 5.41) is 7.11. The van der Waals surface area contributed by atoms with Crippen LogP contribution in [0.4, 0.5) is 0 Å². The van der Waals surface area contributed by atoms with Gasteiger partial charge in [-0.3, -0.25) is 9.48 Å². The predicted octanol–water partition coefficient (Wildman–Crippen LogP) is 3.33. The molecule has 0 unspecified atom stereocenters. The van der Waals surface area contributed by atoms with Crippen LogP contribution in [0.1, 0.15) is 22.5 Å². The fraction of sp³-hybridized carbons (Fsp3) is 0.120. The smallest absolute Gasteiger partial charge is 0.244 e. The number of hydrogen-bond donors (Lipinski definition) is 2. The van der Waals surface area contributed by atoms with E-state index in [-0.39, 0.29) is 17.3 Å². The van der Waals surface area contributed by atoms with E-state index in [1.54, 1.807) is 36.5 Å². The molecule has 0 fully saturated rings. The van der Waals surface area contributed by atoms with Gasteiger partial charge in [-0.1, -0.05) is 36.4 Å². The number of carbonyl (C=O) groups excluding carboxylic acids is 1. The highest BCUT2D eigenvalue weighted by molar-refractivity contribution is 7.89. The van der Waals surface area contributed by atoms with Crippen molar-refractivity contribution in [2.24, 2.45) is 0 Å². The molecule has 8 nitrogen and oxygen atoms in total. The van der Waals surface area contributed by atoms with Gasteiger partial charge in [0.15, 0.2) is 0 Å². The molecule has 0 bridgehead atoms. The molecule has 34 heavy (non-hydrogen) atoms. The maximum absolute atomic E-state index is 12.4. The average molecular weight is 477 g/mol. The second kappa shape index (κ2) is 10.8. The van der Waals surface area contributed by atoms with Gasteiger partial charge >= 0.3 is 0 Å². The first-order valence-corrected chi connectivity index (χ1v) is 12.1. The van der Waals surface area contributed by atoms with Crippen LogP contribution in [0.3, 0.4) is 0 Å². The molecule has 2 N–H and O–H groups in total. The molecule has 1 amide bonds.